The van der Waals surface area contributed by atoms with Crippen molar-refractivity contribution in [2.24, 2.45) is 5.41 Å². The minimum atomic E-state index is -0.200. The quantitative estimate of drug-likeness (QED) is 0.668. The Labute approximate surface area is 74.8 Å². The van der Waals surface area contributed by atoms with Gasteiger partial charge in [-0.15, -0.1) is 0 Å². The van der Waals surface area contributed by atoms with Gasteiger partial charge in [-0.05, 0) is 19.3 Å². The Morgan fingerprint density at radius 3 is 2.92 bits per heavy atom. The largest absolute Gasteiger partial charge is 0.392 e. The highest BCUT2D eigenvalue weighted by molar-refractivity contribution is 5.13. The van der Waals surface area contributed by atoms with E-state index in [4.69, 9.17) is 0 Å². The molecule has 0 saturated heterocycles. The second kappa shape index (κ2) is 3.90. The van der Waals surface area contributed by atoms with E-state index >= 15 is 0 Å². The zero-order chi connectivity index (χ0) is 9.03. The van der Waals surface area contributed by atoms with Gasteiger partial charge in [0, 0.05) is 5.41 Å². The molecule has 1 aliphatic carbocycles. The van der Waals surface area contributed by atoms with Crippen LogP contribution in [0.25, 0.3) is 0 Å². The van der Waals surface area contributed by atoms with Gasteiger partial charge in [0.15, 0.2) is 0 Å². The van der Waals surface area contributed by atoms with Crippen molar-refractivity contribution < 1.29 is 5.11 Å². The maximum atomic E-state index is 9.79. The van der Waals surface area contributed by atoms with Crippen LogP contribution in [-0.4, -0.2) is 11.2 Å². The van der Waals surface area contributed by atoms with Crippen LogP contribution >= 0.6 is 0 Å². The molecule has 0 radical (unpaired) electrons. The fourth-order valence-electron chi connectivity index (χ4n) is 1.67. The van der Waals surface area contributed by atoms with Crippen LogP contribution < -0.4 is 0 Å². The van der Waals surface area contributed by atoms with Crippen LogP contribution in [0.3, 0.4) is 0 Å². The fourth-order valence-corrected chi connectivity index (χ4v) is 1.67. The van der Waals surface area contributed by atoms with E-state index < -0.39 is 0 Å². The average Bonchev–Trinajstić information content (AvgIpc) is 2.29. The topological polar surface area (TPSA) is 20.2 Å². The minimum Gasteiger partial charge on any atom is -0.392 e. The Morgan fingerprint density at radius 1 is 1.50 bits per heavy atom. The van der Waals surface area contributed by atoms with Gasteiger partial charge in [-0.25, -0.2) is 0 Å². The molecule has 0 amide bonds. The zero-order valence-electron chi connectivity index (χ0n) is 7.96. The van der Waals surface area contributed by atoms with Crippen LogP contribution in [0.2, 0.25) is 0 Å². The second-order valence-corrected chi connectivity index (χ2v) is 3.76. The van der Waals surface area contributed by atoms with Gasteiger partial charge in [0.2, 0.25) is 0 Å². The number of allylic oxidation sites excluding steroid dienone is 3. The second-order valence-electron chi connectivity index (χ2n) is 3.76. The molecule has 1 heteroatoms. The van der Waals surface area contributed by atoms with Crippen molar-refractivity contribution in [3.05, 3.63) is 24.3 Å². The van der Waals surface area contributed by atoms with E-state index in [2.05, 4.69) is 25.2 Å². The van der Waals surface area contributed by atoms with E-state index in [1.54, 1.807) is 0 Å². The van der Waals surface area contributed by atoms with Crippen LogP contribution in [-0.2, 0) is 0 Å². The zero-order valence-corrected chi connectivity index (χ0v) is 7.96. The molecule has 0 fully saturated rings. The molecule has 1 N–H and O–H groups in total. The van der Waals surface area contributed by atoms with Crippen LogP contribution in [0, 0.1) is 5.41 Å². The molecule has 12 heavy (non-hydrogen) atoms. The first kappa shape index (κ1) is 9.53. The Balaban J connectivity index is 2.69. The third-order valence-electron chi connectivity index (χ3n) is 2.72. The van der Waals surface area contributed by atoms with E-state index in [0.29, 0.717) is 0 Å². The van der Waals surface area contributed by atoms with Crippen molar-refractivity contribution in [2.45, 2.75) is 39.2 Å². The first-order chi connectivity index (χ1) is 5.69. The van der Waals surface area contributed by atoms with E-state index in [1.165, 1.54) is 0 Å². The van der Waals surface area contributed by atoms with E-state index in [0.717, 1.165) is 19.3 Å². The van der Waals surface area contributed by atoms with Crippen LogP contribution in [0.15, 0.2) is 24.3 Å². The summed E-state index contributed by atoms with van der Waals surface area (Å²) in [6, 6.07) is 0. The molecular formula is C11H18O. The molecule has 1 aliphatic rings. The predicted molar refractivity (Wildman–Crippen MR) is 51.9 cm³/mol. The Bertz CT molecular complexity index is 193. The number of aliphatic hydroxyl groups excluding tert-OH is 1. The number of aliphatic hydroxyl groups is 1. The van der Waals surface area contributed by atoms with Crippen LogP contribution in [0.5, 0.6) is 0 Å². The molecule has 2 unspecified atom stereocenters. The van der Waals surface area contributed by atoms with Gasteiger partial charge in [0.1, 0.15) is 0 Å². The first-order valence-corrected chi connectivity index (χ1v) is 4.71. The molecule has 0 aromatic heterocycles. The maximum absolute atomic E-state index is 9.79. The summed E-state index contributed by atoms with van der Waals surface area (Å²) in [4.78, 5) is 0. The highest BCUT2D eigenvalue weighted by atomic mass is 16.3. The Hall–Kier alpha value is -0.560. The lowest BCUT2D eigenvalue weighted by Gasteiger charge is -2.30. The molecule has 1 nitrogen and oxygen atoms in total. The number of hydrogen-bond donors (Lipinski definition) is 1. The smallest absolute Gasteiger partial charge is 0.0625 e. The highest BCUT2D eigenvalue weighted by Crippen LogP contribution is 2.32. The van der Waals surface area contributed by atoms with Gasteiger partial charge in [-0.1, -0.05) is 38.2 Å². The van der Waals surface area contributed by atoms with Crippen molar-refractivity contribution in [1.29, 1.82) is 0 Å². The molecule has 0 aliphatic heterocycles. The van der Waals surface area contributed by atoms with Gasteiger partial charge in [0.25, 0.3) is 0 Å². The van der Waals surface area contributed by atoms with E-state index in [9.17, 15) is 5.11 Å². The monoisotopic (exact) mass is 166 g/mol. The van der Waals surface area contributed by atoms with Gasteiger partial charge in [-0.3, -0.25) is 0 Å². The standard InChI is InChI=1S/C11H18O/c1-3-10(12)11(2)8-6-4-5-7-9-11/h4-6,8,10,12H,3,7,9H2,1-2H3. The van der Waals surface area contributed by atoms with Crippen molar-refractivity contribution in [1.82, 2.24) is 0 Å². The summed E-state index contributed by atoms with van der Waals surface area (Å²) >= 11 is 0. The summed E-state index contributed by atoms with van der Waals surface area (Å²) in [5.41, 5.74) is -0.0156. The summed E-state index contributed by atoms with van der Waals surface area (Å²) in [5.74, 6) is 0. The third-order valence-corrected chi connectivity index (χ3v) is 2.72. The minimum absolute atomic E-state index is 0.0156. The molecule has 68 valence electrons. The number of rotatable bonds is 2. The van der Waals surface area contributed by atoms with E-state index in [-0.39, 0.29) is 11.5 Å². The molecule has 0 bridgehead atoms. The molecule has 2 atom stereocenters. The third kappa shape index (κ3) is 1.98. The SMILES string of the molecule is CCC(O)C1(C)C=CC=CCC1. The predicted octanol–water partition coefficient (Wildman–Crippen LogP) is 2.67. The molecule has 0 spiro atoms. The molecule has 1 rings (SSSR count). The van der Waals surface area contributed by atoms with Gasteiger partial charge in [0.05, 0.1) is 6.10 Å². The van der Waals surface area contributed by atoms with Crippen LogP contribution in [0.4, 0.5) is 0 Å². The normalized spacial score (nSPS) is 31.6. The molecule has 0 heterocycles. The summed E-state index contributed by atoms with van der Waals surface area (Å²) < 4.78 is 0. The lowest BCUT2D eigenvalue weighted by molar-refractivity contribution is 0.0621. The van der Waals surface area contributed by atoms with Crippen molar-refractivity contribution in [2.75, 3.05) is 0 Å². The Kier molecular flexibility index (Phi) is 3.10. The molecule has 0 aromatic carbocycles. The average molecular weight is 166 g/mol. The van der Waals surface area contributed by atoms with E-state index in [1.807, 2.05) is 13.0 Å². The van der Waals surface area contributed by atoms with Gasteiger partial charge < -0.3 is 5.11 Å². The lowest BCUT2D eigenvalue weighted by atomic mass is 9.79. The van der Waals surface area contributed by atoms with Gasteiger partial charge >= 0.3 is 0 Å². The first-order valence-electron chi connectivity index (χ1n) is 4.71. The molecule has 0 aromatic rings. The fraction of sp³-hybridized carbons (Fsp3) is 0.636. The Morgan fingerprint density at radius 2 is 2.25 bits per heavy atom. The van der Waals surface area contributed by atoms with Gasteiger partial charge in [-0.2, -0.15) is 0 Å². The number of hydrogen-bond acceptors (Lipinski definition) is 1. The highest BCUT2D eigenvalue weighted by Gasteiger charge is 2.28. The lowest BCUT2D eigenvalue weighted by Crippen LogP contribution is -2.29. The van der Waals surface area contributed by atoms with Crippen LogP contribution in [0.1, 0.15) is 33.1 Å². The van der Waals surface area contributed by atoms with Crippen molar-refractivity contribution in [3.8, 4) is 0 Å². The molecule has 0 saturated carbocycles. The summed E-state index contributed by atoms with van der Waals surface area (Å²) in [7, 11) is 0. The van der Waals surface area contributed by atoms with Crippen molar-refractivity contribution >= 4 is 0 Å². The van der Waals surface area contributed by atoms with Crippen molar-refractivity contribution in [3.63, 3.8) is 0 Å². The summed E-state index contributed by atoms with van der Waals surface area (Å²) in [6.07, 6.45) is 11.2. The molecular weight excluding hydrogens is 148 g/mol. The maximum Gasteiger partial charge on any atom is 0.0625 e. The summed E-state index contributed by atoms with van der Waals surface area (Å²) in [6.45, 7) is 4.16. The summed E-state index contributed by atoms with van der Waals surface area (Å²) in [5, 5.41) is 9.79.